The number of carbonyl (C=O) groups excluding carboxylic acids is 1. The smallest absolute Gasteiger partial charge is 0.277 e. The maximum atomic E-state index is 12.1. The van der Waals surface area contributed by atoms with Gasteiger partial charge in [0.05, 0.1) is 5.75 Å². The second-order valence-corrected chi connectivity index (χ2v) is 7.38. The highest BCUT2D eigenvalue weighted by Crippen LogP contribution is 2.21. The number of benzene rings is 2. The molecule has 0 saturated carbocycles. The molecule has 3 rings (SSSR count). The zero-order valence-corrected chi connectivity index (χ0v) is 17.1. The molecule has 0 aliphatic rings. The molecule has 0 unspecified atom stereocenters. The Morgan fingerprint density at radius 1 is 1.21 bits per heavy atom. The van der Waals surface area contributed by atoms with E-state index in [1.807, 2.05) is 37.3 Å². The van der Waals surface area contributed by atoms with Gasteiger partial charge in [-0.2, -0.15) is 0 Å². The fraction of sp³-hybridized carbons (Fsp3) is 0.250. The third kappa shape index (κ3) is 5.74. The normalized spacial score (nSPS) is 10.7. The molecule has 3 aromatic rings. The third-order valence-electron chi connectivity index (χ3n) is 3.92. The van der Waals surface area contributed by atoms with Crippen molar-refractivity contribution < 1.29 is 13.9 Å². The van der Waals surface area contributed by atoms with Gasteiger partial charge in [-0.15, -0.1) is 10.2 Å². The van der Waals surface area contributed by atoms with Gasteiger partial charge in [0.15, 0.2) is 6.61 Å². The van der Waals surface area contributed by atoms with E-state index in [-0.39, 0.29) is 18.3 Å². The first-order valence-corrected chi connectivity index (χ1v) is 10.1. The molecule has 0 fully saturated rings. The molecule has 146 valence electrons. The average molecular weight is 418 g/mol. The number of amides is 1. The molecule has 1 aromatic heterocycles. The van der Waals surface area contributed by atoms with Crippen molar-refractivity contribution in [2.45, 2.75) is 32.1 Å². The molecule has 0 aliphatic heterocycles. The highest BCUT2D eigenvalue weighted by Gasteiger charge is 2.11. The highest BCUT2D eigenvalue weighted by atomic mass is 35.5. The number of anilines is 1. The molecule has 1 N–H and O–H groups in total. The van der Waals surface area contributed by atoms with Crippen LogP contribution in [-0.4, -0.2) is 21.9 Å². The van der Waals surface area contributed by atoms with Gasteiger partial charge < -0.3 is 14.5 Å². The lowest BCUT2D eigenvalue weighted by molar-refractivity contribution is -0.113. The van der Waals surface area contributed by atoms with Crippen molar-refractivity contribution in [1.82, 2.24) is 10.2 Å². The highest BCUT2D eigenvalue weighted by molar-refractivity contribution is 7.99. The van der Waals surface area contributed by atoms with E-state index in [1.165, 1.54) is 5.56 Å². The van der Waals surface area contributed by atoms with E-state index in [4.69, 9.17) is 20.8 Å². The first kappa shape index (κ1) is 20.2. The molecule has 2 aromatic carbocycles. The summed E-state index contributed by atoms with van der Waals surface area (Å²) in [7, 11) is 0. The second kappa shape index (κ2) is 9.61. The molecule has 0 saturated heterocycles. The van der Waals surface area contributed by atoms with Gasteiger partial charge in [-0.25, -0.2) is 0 Å². The molecule has 1 amide bonds. The van der Waals surface area contributed by atoms with Crippen molar-refractivity contribution in [3.05, 3.63) is 64.5 Å². The summed E-state index contributed by atoms with van der Waals surface area (Å²) in [6, 6.07) is 13.2. The van der Waals surface area contributed by atoms with Crippen molar-refractivity contribution in [1.29, 1.82) is 0 Å². The lowest BCUT2D eigenvalue weighted by Crippen LogP contribution is -2.14. The lowest BCUT2D eigenvalue weighted by Gasteiger charge is -2.05. The number of rotatable bonds is 8. The van der Waals surface area contributed by atoms with Crippen LogP contribution in [-0.2, 0) is 17.8 Å². The minimum atomic E-state index is -0.183. The molecule has 0 bridgehead atoms. The van der Waals surface area contributed by atoms with Gasteiger partial charge in [-0.3, -0.25) is 4.79 Å². The van der Waals surface area contributed by atoms with E-state index >= 15 is 0 Å². The van der Waals surface area contributed by atoms with Gasteiger partial charge >= 0.3 is 0 Å². The number of aromatic nitrogens is 2. The quantitative estimate of drug-likeness (QED) is 0.525. The van der Waals surface area contributed by atoms with Gasteiger partial charge in [0.2, 0.25) is 5.91 Å². The molecule has 0 atom stereocenters. The molecular formula is C20H20ClN3O3S. The SMILES string of the molecule is CCc1ccc(OCc2nnc(SCC(=O)Nc3ccc(C)c(Cl)c3)o2)cc1. The van der Waals surface area contributed by atoms with Crippen LogP contribution < -0.4 is 10.1 Å². The number of halogens is 1. The van der Waals surface area contributed by atoms with Crippen LogP contribution in [0.3, 0.4) is 0 Å². The summed E-state index contributed by atoms with van der Waals surface area (Å²) < 4.78 is 11.1. The summed E-state index contributed by atoms with van der Waals surface area (Å²) in [6.07, 6.45) is 0.981. The predicted molar refractivity (Wildman–Crippen MR) is 110 cm³/mol. The number of nitrogens with one attached hydrogen (secondary N) is 1. The second-order valence-electron chi connectivity index (χ2n) is 6.05. The molecule has 0 aliphatic carbocycles. The van der Waals surface area contributed by atoms with E-state index in [1.54, 1.807) is 12.1 Å². The van der Waals surface area contributed by atoms with Crippen LogP contribution in [0.1, 0.15) is 23.9 Å². The standard InChI is InChI=1S/C20H20ClN3O3S/c1-3-14-5-8-16(9-6-14)26-11-19-23-24-20(27-19)28-12-18(25)22-15-7-4-13(2)17(21)10-15/h4-10H,3,11-12H2,1-2H3,(H,22,25). The molecule has 0 radical (unpaired) electrons. The molecular weight excluding hydrogens is 398 g/mol. The summed E-state index contributed by atoms with van der Waals surface area (Å²) in [5, 5.41) is 11.6. The fourth-order valence-corrected chi connectivity index (χ4v) is 3.08. The largest absolute Gasteiger partial charge is 0.484 e. The Kier molecular flexibility index (Phi) is 6.95. The average Bonchev–Trinajstić information content (AvgIpc) is 3.16. The Morgan fingerprint density at radius 2 is 2.00 bits per heavy atom. The Balaban J connectivity index is 1.45. The Bertz CT molecular complexity index is 944. The molecule has 8 heteroatoms. The van der Waals surface area contributed by atoms with E-state index in [9.17, 15) is 4.79 Å². The number of hydrogen-bond donors (Lipinski definition) is 1. The number of ether oxygens (including phenoxy) is 1. The number of hydrogen-bond acceptors (Lipinski definition) is 6. The van der Waals surface area contributed by atoms with Gasteiger partial charge in [-0.1, -0.05) is 48.5 Å². The van der Waals surface area contributed by atoms with Crippen LogP contribution in [0.2, 0.25) is 5.02 Å². The van der Waals surface area contributed by atoms with Crippen LogP contribution in [0.25, 0.3) is 0 Å². The summed E-state index contributed by atoms with van der Waals surface area (Å²) in [6.45, 7) is 4.18. The molecule has 0 spiro atoms. The molecule has 28 heavy (non-hydrogen) atoms. The van der Waals surface area contributed by atoms with Crippen LogP contribution in [0.5, 0.6) is 5.75 Å². The summed E-state index contributed by atoms with van der Waals surface area (Å²) >= 11 is 7.22. The van der Waals surface area contributed by atoms with E-state index in [2.05, 4.69) is 22.4 Å². The minimum Gasteiger partial charge on any atom is -0.484 e. The van der Waals surface area contributed by atoms with Gasteiger partial charge in [-0.05, 0) is 48.7 Å². The van der Waals surface area contributed by atoms with Crippen LogP contribution in [0, 0.1) is 6.92 Å². The van der Waals surface area contributed by atoms with Gasteiger partial charge in [0, 0.05) is 10.7 Å². The number of thioether (sulfide) groups is 1. The van der Waals surface area contributed by atoms with Crippen molar-refractivity contribution in [3.63, 3.8) is 0 Å². The van der Waals surface area contributed by atoms with Crippen molar-refractivity contribution in [2.24, 2.45) is 0 Å². The third-order valence-corrected chi connectivity index (χ3v) is 5.15. The number of nitrogens with zero attached hydrogens (tertiary/aromatic N) is 2. The van der Waals surface area contributed by atoms with Crippen molar-refractivity contribution in [2.75, 3.05) is 11.1 Å². The minimum absolute atomic E-state index is 0.145. The van der Waals surface area contributed by atoms with E-state index in [0.29, 0.717) is 21.8 Å². The van der Waals surface area contributed by atoms with Crippen molar-refractivity contribution in [3.8, 4) is 5.75 Å². The Hall–Kier alpha value is -2.51. The molecule has 1 heterocycles. The molecule has 6 nitrogen and oxygen atoms in total. The topological polar surface area (TPSA) is 77.2 Å². The first-order valence-electron chi connectivity index (χ1n) is 8.76. The monoisotopic (exact) mass is 417 g/mol. The zero-order valence-electron chi connectivity index (χ0n) is 15.6. The van der Waals surface area contributed by atoms with Gasteiger partial charge in [0.25, 0.3) is 11.1 Å². The maximum absolute atomic E-state index is 12.1. The predicted octanol–water partition coefficient (Wildman–Crippen LogP) is 4.90. The van der Waals surface area contributed by atoms with Gasteiger partial charge in [0.1, 0.15) is 5.75 Å². The number of carbonyl (C=O) groups is 1. The van der Waals surface area contributed by atoms with Crippen molar-refractivity contribution >= 4 is 35.0 Å². The van der Waals surface area contributed by atoms with E-state index in [0.717, 1.165) is 29.5 Å². The first-order chi connectivity index (χ1) is 13.5. The lowest BCUT2D eigenvalue weighted by atomic mass is 10.2. The van der Waals surface area contributed by atoms with E-state index < -0.39 is 0 Å². The fourth-order valence-electron chi connectivity index (χ4n) is 2.32. The van der Waals surface area contributed by atoms with Crippen LogP contribution in [0.15, 0.2) is 52.1 Å². The Labute approximate surface area is 172 Å². The Morgan fingerprint density at radius 3 is 2.71 bits per heavy atom. The summed E-state index contributed by atoms with van der Waals surface area (Å²) in [5.41, 5.74) is 2.85. The number of aryl methyl sites for hydroxylation is 2. The maximum Gasteiger partial charge on any atom is 0.277 e. The zero-order chi connectivity index (χ0) is 19.9. The summed E-state index contributed by atoms with van der Waals surface area (Å²) in [4.78, 5) is 12.1. The summed E-state index contributed by atoms with van der Waals surface area (Å²) in [5.74, 6) is 1.05. The van der Waals surface area contributed by atoms with Crippen LogP contribution in [0.4, 0.5) is 5.69 Å². The van der Waals surface area contributed by atoms with Crippen LogP contribution >= 0.6 is 23.4 Å².